The van der Waals surface area contributed by atoms with Crippen LogP contribution in [0.1, 0.15) is 28.7 Å². The minimum atomic E-state index is -0.678. The van der Waals surface area contributed by atoms with Crippen molar-refractivity contribution in [1.29, 1.82) is 0 Å². The molecule has 0 saturated carbocycles. The minimum Gasteiger partial charge on any atom is -0.478 e. The van der Waals surface area contributed by atoms with Crippen molar-refractivity contribution in [3.05, 3.63) is 57.1 Å². The van der Waals surface area contributed by atoms with Gasteiger partial charge in [-0.1, -0.05) is 0 Å². The van der Waals surface area contributed by atoms with Gasteiger partial charge in [-0.25, -0.2) is 4.39 Å². The smallest absolute Gasteiger partial charge is 0.311 e. The van der Waals surface area contributed by atoms with Gasteiger partial charge in [-0.05, 0) is 32.9 Å². The van der Waals surface area contributed by atoms with E-state index in [1.54, 1.807) is 6.07 Å². The lowest BCUT2D eigenvalue weighted by Gasteiger charge is -2.07. The SMILES string of the molecule is CCn1c(C)cc(C(=O)COc2cc(F)ccc2[N+](=O)[O-])c1C. The number of carbonyl (C=O) groups is 1. The van der Waals surface area contributed by atoms with Gasteiger partial charge in [0.05, 0.1) is 4.92 Å². The Morgan fingerprint density at radius 1 is 1.35 bits per heavy atom. The van der Waals surface area contributed by atoms with E-state index in [1.165, 1.54) is 0 Å². The van der Waals surface area contributed by atoms with E-state index in [9.17, 15) is 19.3 Å². The molecule has 0 amide bonds. The summed E-state index contributed by atoms with van der Waals surface area (Å²) >= 11 is 0. The topological polar surface area (TPSA) is 74.4 Å². The number of benzene rings is 1. The Balaban J connectivity index is 2.20. The molecule has 0 radical (unpaired) electrons. The van der Waals surface area contributed by atoms with E-state index in [0.29, 0.717) is 5.56 Å². The summed E-state index contributed by atoms with van der Waals surface area (Å²) in [6, 6.07) is 4.64. The van der Waals surface area contributed by atoms with Crippen molar-refractivity contribution in [2.75, 3.05) is 6.61 Å². The van der Waals surface area contributed by atoms with Crippen LogP contribution in [-0.2, 0) is 6.54 Å². The maximum atomic E-state index is 13.2. The molecule has 1 aromatic heterocycles. The molecule has 0 fully saturated rings. The van der Waals surface area contributed by atoms with Crippen LogP contribution >= 0.6 is 0 Å². The summed E-state index contributed by atoms with van der Waals surface area (Å²) in [6.45, 7) is 6.04. The van der Waals surface area contributed by atoms with Crippen molar-refractivity contribution in [2.24, 2.45) is 0 Å². The summed E-state index contributed by atoms with van der Waals surface area (Å²) < 4.78 is 20.4. The van der Waals surface area contributed by atoms with Crippen molar-refractivity contribution in [3.63, 3.8) is 0 Å². The van der Waals surface area contributed by atoms with E-state index >= 15 is 0 Å². The molecule has 1 heterocycles. The molecule has 6 nitrogen and oxygen atoms in total. The van der Waals surface area contributed by atoms with Crippen LogP contribution in [0.4, 0.5) is 10.1 Å². The fourth-order valence-electron chi connectivity index (χ4n) is 2.55. The highest BCUT2D eigenvalue weighted by Gasteiger charge is 2.19. The number of Topliss-reactive ketones (excluding diaryl/α,β-unsaturated/α-hetero) is 1. The maximum absolute atomic E-state index is 13.2. The second kappa shape index (κ2) is 6.60. The number of carbonyl (C=O) groups excluding carboxylic acids is 1. The molecule has 0 N–H and O–H groups in total. The van der Waals surface area contributed by atoms with Gasteiger partial charge in [0.15, 0.2) is 12.4 Å². The summed E-state index contributed by atoms with van der Waals surface area (Å²) in [5.74, 6) is -1.23. The highest BCUT2D eigenvalue weighted by Crippen LogP contribution is 2.27. The third-order valence-corrected chi connectivity index (χ3v) is 3.67. The Hall–Kier alpha value is -2.70. The number of nitrogens with zero attached hydrogens (tertiary/aromatic N) is 2. The Morgan fingerprint density at radius 3 is 2.61 bits per heavy atom. The number of aromatic nitrogens is 1. The largest absolute Gasteiger partial charge is 0.478 e. The first kappa shape index (κ1) is 16.7. The third kappa shape index (κ3) is 3.39. The van der Waals surface area contributed by atoms with Gasteiger partial charge in [-0.3, -0.25) is 14.9 Å². The highest BCUT2D eigenvalue weighted by atomic mass is 19.1. The quantitative estimate of drug-likeness (QED) is 0.464. The van der Waals surface area contributed by atoms with Gasteiger partial charge >= 0.3 is 5.69 Å². The highest BCUT2D eigenvalue weighted by molar-refractivity contribution is 5.98. The van der Waals surface area contributed by atoms with Crippen LogP contribution < -0.4 is 4.74 Å². The predicted molar refractivity (Wildman–Crippen MR) is 82.5 cm³/mol. The van der Waals surface area contributed by atoms with Gasteiger partial charge in [0.25, 0.3) is 0 Å². The van der Waals surface area contributed by atoms with Crippen LogP contribution in [0.3, 0.4) is 0 Å². The first-order valence-electron chi connectivity index (χ1n) is 7.11. The van der Waals surface area contributed by atoms with E-state index in [0.717, 1.165) is 36.1 Å². The number of ketones is 1. The molecule has 1 aromatic carbocycles. The number of hydrogen-bond donors (Lipinski definition) is 0. The number of halogens is 1. The molecule has 2 rings (SSSR count). The molecule has 0 bridgehead atoms. The van der Waals surface area contributed by atoms with Crippen molar-refractivity contribution in [2.45, 2.75) is 27.3 Å². The number of hydrogen-bond acceptors (Lipinski definition) is 4. The van der Waals surface area contributed by atoms with Crippen molar-refractivity contribution in [3.8, 4) is 5.75 Å². The van der Waals surface area contributed by atoms with Crippen LogP contribution in [0.15, 0.2) is 24.3 Å². The second-order valence-corrected chi connectivity index (χ2v) is 5.11. The van der Waals surface area contributed by atoms with Crippen molar-refractivity contribution < 1.29 is 18.8 Å². The van der Waals surface area contributed by atoms with Gasteiger partial charge in [0, 0.05) is 35.6 Å². The van der Waals surface area contributed by atoms with E-state index in [4.69, 9.17) is 4.74 Å². The summed E-state index contributed by atoms with van der Waals surface area (Å²) in [6.07, 6.45) is 0. The molecule has 2 aromatic rings. The Bertz CT molecular complexity index is 768. The normalized spacial score (nSPS) is 10.6. The molecule has 0 unspecified atom stereocenters. The lowest BCUT2D eigenvalue weighted by atomic mass is 10.1. The summed E-state index contributed by atoms with van der Waals surface area (Å²) in [4.78, 5) is 22.5. The maximum Gasteiger partial charge on any atom is 0.311 e. The molecule has 0 atom stereocenters. The van der Waals surface area contributed by atoms with Crippen LogP contribution in [0.25, 0.3) is 0 Å². The molecule has 122 valence electrons. The molecule has 0 spiro atoms. The summed E-state index contributed by atoms with van der Waals surface area (Å²) in [7, 11) is 0. The van der Waals surface area contributed by atoms with Gasteiger partial charge < -0.3 is 9.30 Å². The van der Waals surface area contributed by atoms with E-state index in [-0.39, 0.29) is 17.2 Å². The molecule has 0 aliphatic carbocycles. The zero-order valence-electron chi connectivity index (χ0n) is 13.1. The summed E-state index contributed by atoms with van der Waals surface area (Å²) in [5, 5.41) is 10.9. The van der Waals surface area contributed by atoms with Crippen molar-refractivity contribution >= 4 is 11.5 Å². The molecule has 0 aliphatic heterocycles. The standard InChI is InChI=1S/C16H17FN2O4/c1-4-18-10(2)7-13(11(18)3)15(20)9-23-16-8-12(17)5-6-14(16)19(21)22/h5-8H,4,9H2,1-3H3. The Kier molecular flexibility index (Phi) is 4.78. The molecule has 0 saturated heterocycles. The van der Waals surface area contributed by atoms with E-state index < -0.39 is 17.3 Å². The first-order valence-corrected chi connectivity index (χ1v) is 7.11. The van der Waals surface area contributed by atoms with E-state index in [2.05, 4.69) is 0 Å². The molecule has 7 heteroatoms. The average molecular weight is 320 g/mol. The molecular weight excluding hydrogens is 303 g/mol. The zero-order chi connectivity index (χ0) is 17.1. The summed E-state index contributed by atoms with van der Waals surface area (Å²) in [5.41, 5.74) is 1.89. The van der Waals surface area contributed by atoms with Gasteiger partial charge in [0.1, 0.15) is 5.82 Å². The van der Waals surface area contributed by atoms with Gasteiger partial charge in [-0.2, -0.15) is 0 Å². The number of nitro groups is 1. The first-order chi connectivity index (χ1) is 10.8. The lowest BCUT2D eigenvalue weighted by Crippen LogP contribution is -2.13. The fourth-order valence-corrected chi connectivity index (χ4v) is 2.55. The third-order valence-electron chi connectivity index (χ3n) is 3.67. The van der Waals surface area contributed by atoms with Crippen LogP contribution in [-0.4, -0.2) is 21.9 Å². The monoisotopic (exact) mass is 320 g/mol. The average Bonchev–Trinajstić information content (AvgIpc) is 2.78. The number of nitro benzene ring substituents is 1. The van der Waals surface area contributed by atoms with Gasteiger partial charge in [0.2, 0.25) is 5.78 Å². The van der Waals surface area contributed by atoms with Crippen LogP contribution in [0.5, 0.6) is 5.75 Å². The Labute approximate surface area is 132 Å². The van der Waals surface area contributed by atoms with Crippen LogP contribution in [0, 0.1) is 29.8 Å². The number of aryl methyl sites for hydroxylation is 1. The second-order valence-electron chi connectivity index (χ2n) is 5.11. The molecule has 0 aliphatic rings. The fraction of sp³-hybridized carbons (Fsp3) is 0.312. The predicted octanol–water partition coefficient (Wildman–Crippen LogP) is 3.43. The molecular formula is C16H17FN2O4. The molecule has 23 heavy (non-hydrogen) atoms. The van der Waals surface area contributed by atoms with E-state index in [1.807, 2.05) is 25.3 Å². The van der Waals surface area contributed by atoms with Crippen molar-refractivity contribution in [1.82, 2.24) is 4.57 Å². The van der Waals surface area contributed by atoms with Gasteiger partial charge in [-0.15, -0.1) is 0 Å². The lowest BCUT2D eigenvalue weighted by molar-refractivity contribution is -0.385. The number of rotatable bonds is 6. The number of ether oxygens (including phenoxy) is 1. The minimum absolute atomic E-state index is 0.257. The zero-order valence-corrected chi connectivity index (χ0v) is 13.1. The Morgan fingerprint density at radius 2 is 2.04 bits per heavy atom. The van der Waals surface area contributed by atoms with Crippen LogP contribution in [0.2, 0.25) is 0 Å².